The van der Waals surface area contributed by atoms with E-state index in [4.69, 9.17) is 21.6 Å². The number of nitriles is 1. The molecule has 0 heterocycles. The van der Waals surface area contributed by atoms with E-state index in [2.05, 4.69) is 5.32 Å². The average Bonchev–Trinajstić information content (AvgIpc) is 3.10. The summed E-state index contributed by atoms with van der Waals surface area (Å²) in [6.45, 7) is 0. The quantitative estimate of drug-likeness (QED) is 0.897. The summed E-state index contributed by atoms with van der Waals surface area (Å²) in [6, 6.07) is 6.99. The predicted octanol–water partition coefficient (Wildman–Crippen LogP) is 2.59. The summed E-state index contributed by atoms with van der Waals surface area (Å²) in [5.41, 5.74) is -0.362. The number of anilines is 1. The van der Waals surface area contributed by atoms with Crippen molar-refractivity contribution in [3.63, 3.8) is 0 Å². The Morgan fingerprint density at radius 2 is 2.29 bits per heavy atom. The number of nitrogens with zero attached hydrogens (tertiary/aromatic N) is 1. The number of halogens is 1. The smallest absolute Gasteiger partial charge is 0.244 e. The van der Waals surface area contributed by atoms with Crippen LogP contribution in [0, 0.1) is 16.7 Å². The Labute approximate surface area is 104 Å². The van der Waals surface area contributed by atoms with E-state index in [1.807, 2.05) is 6.07 Å². The number of carbonyl (C=O) groups is 1. The van der Waals surface area contributed by atoms with Gasteiger partial charge < -0.3 is 10.1 Å². The van der Waals surface area contributed by atoms with E-state index in [9.17, 15) is 4.79 Å². The van der Waals surface area contributed by atoms with Gasteiger partial charge in [0.2, 0.25) is 5.91 Å². The summed E-state index contributed by atoms with van der Waals surface area (Å²) >= 11 is 5.85. The van der Waals surface area contributed by atoms with Crippen LogP contribution in [0.2, 0.25) is 5.02 Å². The molecule has 0 saturated heterocycles. The molecule has 17 heavy (non-hydrogen) atoms. The summed E-state index contributed by atoms with van der Waals surface area (Å²) in [5.74, 6) is 0.233. The average molecular weight is 251 g/mol. The van der Waals surface area contributed by atoms with Gasteiger partial charge >= 0.3 is 0 Å². The SMILES string of the molecule is COc1ccc(Cl)cc1NC(=O)C1(C#N)CC1. The van der Waals surface area contributed by atoms with E-state index in [0.29, 0.717) is 29.3 Å². The molecule has 5 heteroatoms. The van der Waals surface area contributed by atoms with Crippen molar-refractivity contribution in [2.24, 2.45) is 5.41 Å². The molecule has 0 unspecified atom stereocenters. The highest BCUT2D eigenvalue weighted by Gasteiger charge is 2.50. The zero-order chi connectivity index (χ0) is 12.5. The Bertz CT molecular complexity index is 504. The van der Waals surface area contributed by atoms with Gasteiger partial charge in [0.05, 0.1) is 18.9 Å². The van der Waals surface area contributed by atoms with Crippen LogP contribution < -0.4 is 10.1 Å². The molecular formula is C12H11ClN2O2. The van der Waals surface area contributed by atoms with Crippen molar-refractivity contribution in [3.05, 3.63) is 23.2 Å². The molecule has 1 saturated carbocycles. The minimum atomic E-state index is -0.854. The molecule has 0 aliphatic heterocycles. The van der Waals surface area contributed by atoms with Crippen LogP contribution in [-0.4, -0.2) is 13.0 Å². The normalized spacial score (nSPS) is 15.8. The van der Waals surface area contributed by atoms with Crippen molar-refractivity contribution < 1.29 is 9.53 Å². The lowest BCUT2D eigenvalue weighted by Gasteiger charge is -2.12. The largest absolute Gasteiger partial charge is 0.495 e. The van der Waals surface area contributed by atoms with E-state index in [1.54, 1.807) is 18.2 Å². The molecule has 1 aliphatic rings. The second-order valence-corrected chi connectivity index (χ2v) is 4.43. The van der Waals surface area contributed by atoms with Crippen LogP contribution in [0.5, 0.6) is 5.75 Å². The van der Waals surface area contributed by atoms with Gasteiger partial charge in [0.15, 0.2) is 0 Å². The number of amides is 1. The predicted molar refractivity (Wildman–Crippen MR) is 63.9 cm³/mol. The van der Waals surface area contributed by atoms with Gasteiger partial charge in [-0.25, -0.2) is 0 Å². The van der Waals surface area contributed by atoms with Gasteiger partial charge in [0, 0.05) is 5.02 Å². The molecule has 1 amide bonds. The van der Waals surface area contributed by atoms with Gasteiger partial charge in [-0.1, -0.05) is 11.6 Å². The first kappa shape index (κ1) is 11.7. The lowest BCUT2D eigenvalue weighted by Crippen LogP contribution is -2.23. The van der Waals surface area contributed by atoms with E-state index < -0.39 is 5.41 Å². The fourth-order valence-electron chi connectivity index (χ4n) is 1.53. The lowest BCUT2D eigenvalue weighted by atomic mass is 10.1. The number of nitrogens with one attached hydrogen (secondary N) is 1. The minimum absolute atomic E-state index is 0.291. The maximum Gasteiger partial charge on any atom is 0.244 e. The van der Waals surface area contributed by atoms with Crippen molar-refractivity contribution in [1.82, 2.24) is 0 Å². The number of carbonyl (C=O) groups excluding carboxylic acids is 1. The molecule has 1 aromatic rings. The van der Waals surface area contributed by atoms with Gasteiger partial charge in [-0.15, -0.1) is 0 Å². The fraction of sp³-hybridized carbons (Fsp3) is 0.333. The molecule has 1 aromatic carbocycles. The first-order valence-corrected chi connectivity index (χ1v) is 5.55. The van der Waals surface area contributed by atoms with Crippen molar-refractivity contribution in [1.29, 1.82) is 5.26 Å². The van der Waals surface area contributed by atoms with Crippen LogP contribution in [0.1, 0.15) is 12.8 Å². The van der Waals surface area contributed by atoms with Gasteiger partial charge in [0.25, 0.3) is 0 Å². The maximum absolute atomic E-state index is 11.9. The third-order valence-corrected chi connectivity index (χ3v) is 3.04. The Hall–Kier alpha value is -1.73. The van der Waals surface area contributed by atoms with E-state index in [0.717, 1.165) is 0 Å². The van der Waals surface area contributed by atoms with Gasteiger partial charge in [-0.3, -0.25) is 4.79 Å². The Morgan fingerprint density at radius 1 is 1.59 bits per heavy atom. The molecule has 0 aromatic heterocycles. The minimum Gasteiger partial charge on any atom is -0.495 e. The van der Waals surface area contributed by atoms with Crippen LogP contribution in [-0.2, 0) is 4.79 Å². The highest BCUT2D eigenvalue weighted by molar-refractivity contribution is 6.31. The Balaban J connectivity index is 2.21. The van der Waals surface area contributed by atoms with Crippen LogP contribution in [0.15, 0.2) is 18.2 Å². The third-order valence-electron chi connectivity index (χ3n) is 2.81. The van der Waals surface area contributed by atoms with Crippen molar-refractivity contribution in [3.8, 4) is 11.8 Å². The number of rotatable bonds is 3. The van der Waals surface area contributed by atoms with Crippen molar-refractivity contribution in [2.75, 3.05) is 12.4 Å². The highest BCUT2D eigenvalue weighted by atomic mass is 35.5. The molecule has 1 N–H and O–H groups in total. The Morgan fingerprint density at radius 3 is 2.82 bits per heavy atom. The van der Waals surface area contributed by atoms with Gasteiger partial charge in [0.1, 0.15) is 11.2 Å². The molecule has 1 aliphatic carbocycles. The summed E-state index contributed by atoms with van der Waals surface area (Å²) in [4.78, 5) is 11.9. The van der Waals surface area contributed by atoms with Gasteiger partial charge in [-0.05, 0) is 31.0 Å². The summed E-state index contributed by atoms with van der Waals surface area (Å²) < 4.78 is 5.11. The van der Waals surface area contributed by atoms with Crippen LogP contribution in [0.4, 0.5) is 5.69 Å². The molecule has 2 rings (SSSR count). The molecule has 0 bridgehead atoms. The molecule has 0 atom stereocenters. The van der Waals surface area contributed by atoms with Crippen LogP contribution in [0.25, 0.3) is 0 Å². The summed E-state index contributed by atoms with van der Waals surface area (Å²) in [6.07, 6.45) is 1.22. The van der Waals surface area contributed by atoms with E-state index >= 15 is 0 Å². The first-order valence-electron chi connectivity index (χ1n) is 5.17. The highest BCUT2D eigenvalue weighted by Crippen LogP contribution is 2.46. The zero-order valence-corrected chi connectivity index (χ0v) is 10.0. The fourth-order valence-corrected chi connectivity index (χ4v) is 1.71. The monoisotopic (exact) mass is 250 g/mol. The van der Waals surface area contributed by atoms with Crippen molar-refractivity contribution >= 4 is 23.2 Å². The molecule has 0 spiro atoms. The Kier molecular flexibility index (Phi) is 2.95. The molecule has 88 valence electrons. The number of benzene rings is 1. The summed E-state index contributed by atoms with van der Waals surface area (Å²) in [7, 11) is 1.51. The van der Waals surface area contributed by atoms with Crippen LogP contribution >= 0.6 is 11.6 Å². The van der Waals surface area contributed by atoms with E-state index in [-0.39, 0.29) is 5.91 Å². The second kappa shape index (κ2) is 4.27. The number of ether oxygens (including phenoxy) is 1. The second-order valence-electron chi connectivity index (χ2n) is 3.99. The van der Waals surface area contributed by atoms with Crippen LogP contribution in [0.3, 0.4) is 0 Å². The number of hydrogen-bond acceptors (Lipinski definition) is 3. The molecule has 4 nitrogen and oxygen atoms in total. The standard InChI is InChI=1S/C12H11ClN2O2/c1-17-10-3-2-8(13)6-9(10)15-11(16)12(7-14)4-5-12/h2-3,6H,4-5H2,1H3,(H,15,16). The maximum atomic E-state index is 11.9. The van der Waals surface area contributed by atoms with E-state index in [1.165, 1.54) is 7.11 Å². The molecule has 1 fully saturated rings. The molecular weight excluding hydrogens is 240 g/mol. The number of hydrogen-bond donors (Lipinski definition) is 1. The van der Waals surface area contributed by atoms with Gasteiger partial charge in [-0.2, -0.15) is 5.26 Å². The zero-order valence-electron chi connectivity index (χ0n) is 9.29. The van der Waals surface area contributed by atoms with Crippen molar-refractivity contribution in [2.45, 2.75) is 12.8 Å². The summed E-state index contributed by atoms with van der Waals surface area (Å²) in [5, 5.41) is 12.1. The third kappa shape index (κ3) is 2.20. The molecule has 0 radical (unpaired) electrons. The topological polar surface area (TPSA) is 62.1 Å². The first-order chi connectivity index (χ1) is 8.11. The number of methoxy groups -OCH3 is 1. The lowest BCUT2D eigenvalue weighted by molar-refractivity contribution is -0.119.